The molecule has 0 amide bonds. The van der Waals surface area contributed by atoms with E-state index < -0.39 is 0 Å². The number of aryl methyl sites for hydroxylation is 1. The van der Waals surface area contributed by atoms with E-state index in [1.54, 1.807) is 11.5 Å². The van der Waals surface area contributed by atoms with Gasteiger partial charge < -0.3 is 5.32 Å². The van der Waals surface area contributed by atoms with Gasteiger partial charge in [-0.3, -0.25) is 9.36 Å². The molecule has 0 atom stereocenters. The average Bonchev–Trinajstić information content (AvgIpc) is 2.78. The Kier molecular flexibility index (Phi) is 4.07. The van der Waals surface area contributed by atoms with Crippen LogP contribution in [-0.4, -0.2) is 25.7 Å². The topological polar surface area (TPSA) is 72.7 Å². The molecule has 6 nitrogen and oxygen atoms in total. The third-order valence-electron chi connectivity index (χ3n) is 2.41. The van der Waals surface area contributed by atoms with Crippen molar-refractivity contribution in [3.05, 3.63) is 32.5 Å². The van der Waals surface area contributed by atoms with Crippen LogP contribution in [0.1, 0.15) is 18.4 Å². The Balaban J connectivity index is 2.37. The smallest absolute Gasteiger partial charge is 0.268 e. The van der Waals surface area contributed by atoms with Crippen molar-refractivity contribution in [2.24, 2.45) is 0 Å². The highest BCUT2D eigenvalue weighted by Gasteiger charge is 2.12. The van der Waals surface area contributed by atoms with Gasteiger partial charge in [-0.05, 0) is 29.8 Å². The Hall–Kier alpha value is -1.28. The van der Waals surface area contributed by atoms with Gasteiger partial charge in [0.05, 0.1) is 6.54 Å². The molecule has 2 aromatic heterocycles. The van der Waals surface area contributed by atoms with Crippen LogP contribution in [0.3, 0.4) is 0 Å². The molecule has 0 saturated heterocycles. The second-order valence-electron chi connectivity index (χ2n) is 3.62. The van der Waals surface area contributed by atoms with Crippen LogP contribution < -0.4 is 10.9 Å². The Bertz CT molecular complexity index is 609. The van der Waals surface area contributed by atoms with Crippen molar-refractivity contribution in [1.82, 2.24) is 19.1 Å². The third kappa shape index (κ3) is 2.59. The SMILES string of the molecule is CCNc1snnc1Cn1c(C)ncc(Br)c1=O. The predicted molar refractivity (Wildman–Crippen MR) is 74.1 cm³/mol. The van der Waals surface area contributed by atoms with E-state index in [2.05, 4.69) is 35.8 Å². The Labute approximate surface area is 116 Å². The lowest BCUT2D eigenvalue weighted by Gasteiger charge is -2.08. The van der Waals surface area contributed by atoms with Gasteiger partial charge in [-0.2, -0.15) is 0 Å². The van der Waals surface area contributed by atoms with E-state index in [1.165, 1.54) is 17.7 Å². The molecule has 2 aromatic rings. The molecule has 0 fully saturated rings. The standard InChI is InChI=1S/C10H12BrN5OS/c1-3-12-9-8(14-15-18-9)5-16-6(2)13-4-7(11)10(16)17/h4,12H,3,5H2,1-2H3. The summed E-state index contributed by atoms with van der Waals surface area (Å²) in [4.78, 5) is 16.1. The molecule has 0 bridgehead atoms. The van der Waals surface area contributed by atoms with Crippen molar-refractivity contribution in [2.45, 2.75) is 20.4 Å². The normalized spacial score (nSPS) is 10.6. The summed E-state index contributed by atoms with van der Waals surface area (Å²) in [6, 6.07) is 0. The maximum atomic E-state index is 12.0. The maximum Gasteiger partial charge on any atom is 0.268 e. The van der Waals surface area contributed by atoms with Gasteiger partial charge in [-0.25, -0.2) is 4.98 Å². The van der Waals surface area contributed by atoms with Crippen LogP contribution in [0, 0.1) is 6.92 Å². The first-order valence-corrected chi connectivity index (χ1v) is 6.97. The van der Waals surface area contributed by atoms with Gasteiger partial charge in [0.2, 0.25) is 0 Å². The van der Waals surface area contributed by atoms with Gasteiger partial charge in [-0.1, -0.05) is 4.49 Å². The third-order valence-corrected chi connectivity index (χ3v) is 3.68. The van der Waals surface area contributed by atoms with Crippen molar-refractivity contribution >= 4 is 32.5 Å². The molecule has 96 valence electrons. The predicted octanol–water partition coefficient (Wildman–Crippen LogP) is 1.65. The first-order chi connectivity index (χ1) is 8.63. The van der Waals surface area contributed by atoms with Crippen LogP contribution in [0.4, 0.5) is 5.00 Å². The van der Waals surface area contributed by atoms with E-state index >= 15 is 0 Å². The highest BCUT2D eigenvalue weighted by molar-refractivity contribution is 9.10. The van der Waals surface area contributed by atoms with Crippen molar-refractivity contribution in [1.29, 1.82) is 0 Å². The molecule has 0 unspecified atom stereocenters. The maximum absolute atomic E-state index is 12.0. The number of aromatic nitrogens is 4. The minimum Gasteiger partial charge on any atom is -0.374 e. The summed E-state index contributed by atoms with van der Waals surface area (Å²) >= 11 is 4.48. The van der Waals surface area contributed by atoms with Crippen molar-refractivity contribution < 1.29 is 0 Å². The largest absolute Gasteiger partial charge is 0.374 e. The molecule has 0 spiro atoms. The fourth-order valence-corrected chi connectivity index (χ4v) is 2.45. The van der Waals surface area contributed by atoms with E-state index in [1.807, 2.05) is 6.92 Å². The van der Waals surface area contributed by atoms with E-state index in [0.29, 0.717) is 16.8 Å². The zero-order valence-corrected chi connectivity index (χ0v) is 12.4. The van der Waals surface area contributed by atoms with Crippen LogP contribution in [0.5, 0.6) is 0 Å². The second kappa shape index (κ2) is 5.57. The Morgan fingerprint density at radius 2 is 2.33 bits per heavy atom. The summed E-state index contributed by atoms with van der Waals surface area (Å²) in [5, 5.41) is 8.11. The molecule has 0 aliphatic carbocycles. The molecule has 8 heteroatoms. The summed E-state index contributed by atoms with van der Waals surface area (Å²) in [7, 11) is 0. The number of rotatable bonds is 4. The zero-order chi connectivity index (χ0) is 13.1. The average molecular weight is 330 g/mol. The zero-order valence-electron chi connectivity index (χ0n) is 9.97. The van der Waals surface area contributed by atoms with Gasteiger partial charge in [0, 0.05) is 24.3 Å². The fourth-order valence-electron chi connectivity index (χ4n) is 1.49. The number of anilines is 1. The second-order valence-corrected chi connectivity index (χ2v) is 5.23. The molecule has 0 aromatic carbocycles. The van der Waals surface area contributed by atoms with Gasteiger partial charge in [-0.15, -0.1) is 5.10 Å². The lowest BCUT2D eigenvalue weighted by atomic mass is 10.4. The molecule has 0 saturated carbocycles. The summed E-state index contributed by atoms with van der Waals surface area (Å²) in [6.45, 7) is 4.96. The molecule has 2 rings (SSSR count). The van der Waals surface area contributed by atoms with Crippen molar-refractivity contribution in [3.63, 3.8) is 0 Å². The van der Waals surface area contributed by atoms with Crippen LogP contribution in [0.15, 0.2) is 15.5 Å². The summed E-state index contributed by atoms with van der Waals surface area (Å²) in [5.74, 6) is 0.652. The van der Waals surface area contributed by atoms with Gasteiger partial charge >= 0.3 is 0 Å². The van der Waals surface area contributed by atoms with Crippen LogP contribution in [-0.2, 0) is 6.54 Å². The van der Waals surface area contributed by atoms with Crippen molar-refractivity contribution in [2.75, 3.05) is 11.9 Å². The monoisotopic (exact) mass is 329 g/mol. The molecule has 0 aliphatic heterocycles. The first-order valence-electron chi connectivity index (χ1n) is 5.40. The molecule has 18 heavy (non-hydrogen) atoms. The highest BCUT2D eigenvalue weighted by atomic mass is 79.9. The number of hydrogen-bond donors (Lipinski definition) is 1. The lowest BCUT2D eigenvalue weighted by Crippen LogP contribution is -2.25. The molecule has 2 heterocycles. The van der Waals surface area contributed by atoms with Crippen LogP contribution >= 0.6 is 27.5 Å². The van der Waals surface area contributed by atoms with Crippen molar-refractivity contribution in [3.8, 4) is 0 Å². The number of halogens is 1. The first kappa shape index (κ1) is 13.2. The molecular weight excluding hydrogens is 318 g/mol. The van der Waals surface area contributed by atoms with E-state index in [4.69, 9.17) is 0 Å². The fraction of sp³-hybridized carbons (Fsp3) is 0.400. The summed E-state index contributed by atoms with van der Waals surface area (Å²) < 4.78 is 5.92. The quantitative estimate of drug-likeness (QED) is 0.923. The Morgan fingerprint density at radius 3 is 3.06 bits per heavy atom. The number of hydrogen-bond acceptors (Lipinski definition) is 6. The van der Waals surface area contributed by atoms with E-state index in [9.17, 15) is 4.79 Å². The molecule has 1 N–H and O–H groups in total. The molecular formula is C10H12BrN5OS. The van der Waals surface area contributed by atoms with Crippen LogP contribution in [0.2, 0.25) is 0 Å². The minimum absolute atomic E-state index is 0.113. The molecule has 0 radical (unpaired) electrons. The summed E-state index contributed by atoms with van der Waals surface area (Å²) in [6.07, 6.45) is 1.51. The number of nitrogens with one attached hydrogen (secondary N) is 1. The van der Waals surface area contributed by atoms with Gasteiger partial charge in [0.1, 0.15) is 21.0 Å². The molecule has 0 aliphatic rings. The van der Waals surface area contributed by atoms with E-state index in [-0.39, 0.29) is 5.56 Å². The van der Waals surface area contributed by atoms with Gasteiger partial charge in [0.15, 0.2) is 0 Å². The van der Waals surface area contributed by atoms with E-state index in [0.717, 1.165) is 17.2 Å². The Morgan fingerprint density at radius 1 is 1.56 bits per heavy atom. The number of nitrogens with zero attached hydrogens (tertiary/aromatic N) is 4. The summed E-state index contributed by atoms with van der Waals surface area (Å²) in [5.41, 5.74) is 0.643. The van der Waals surface area contributed by atoms with Gasteiger partial charge in [0.25, 0.3) is 5.56 Å². The minimum atomic E-state index is -0.113. The highest BCUT2D eigenvalue weighted by Crippen LogP contribution is 2.18. The lowest BCUT2D eigenvalue weighted by molar-refractivity contribution is 0.680. The van der Waals surface area contributed by atoms with Crippen LogP contribution in [0.25, 0.3) is 0 Å².